The Hall–Kier alpha value is -3.97. The number of ether oxygens (including phenoxy) is 1. The molecule has 0 spiro atoms. The van der Waals surface area contributed by atoms with E-state index in [1.54, 1.807) is 12.1 Å². The molecule has 3 heterocycles. The Morgan fingerprint density at radius 3 is 2.40 bits per heavy atom. The SMILES string of the molecule is NC(=O)C(=O)C(CC1CCC1)NC(=O)C1C[C@@H](Oc2cc(Cl)ccn2)CC1C(=O)[C@H](C1CCCCC1)N1CC1C(=O)Nc1cnccn1. The molecule has 4 N–H and O–H groups in total. The predicted octanol–water partition coefficient (Wildman–Crippen LogP) is 2.87. The zero-order valence-electron chi connectivity index (χ0n) is 26.8. The minimum atomic E-state index is -1.10. The summed E-state index contributed by atoms with van der Waals surface area (Å²) in [5, 5.41) is 6.04. The van der Waals surface area contributed by atoms with Crippen molar-refractivity contribution in [2.45, 2.75) is 94.9 Å². The summed E-state index contributed by atoms with van der Waals surface area (Å²) in [6.45, 7) is 0.408. The van der Waals surface area contributed by atoms with Crippen LogP contribution in [0.3, 0.4) is 0 Å². The average Bonchev–Trinajstić information content (AvgIpc) is 3.73. The van der Waals surface area contributed by atoms with Gasteiger partial charge in [-0.15, -0.1) is 0 Å². The second-order valence-corrected chi connectivity index (χ2v) is 14.0. The van der Waals surface area contributed by atoms with E-state index in [2.05, 4.69) is 25.6 Å². The predicted molar refractivity (Wildman–Crippen MR) is 174 cm³/mol. The molecule has 6 rings (SSSR count). The number of hydrogen-bond acceptors (Lipinski definition) is 10. The maximum atomic E-state index is 14.8. The first kappa shape index (κ1) is 33.9. The van der Waals surface area contributed by atoms with E-state index in [0.29, 0.717) is 23.8 Å². The summed E-state index contributed by atoms with van der Waals surface area (Å²) in [7, 11) is 0. The van der Waals surface area contributed by atoms with E-state index < -0.39 is 53.7 Å². The van der Waals surface area contributed by atoms with Crippen molar-refractivity contribution >= 4 is 46.7 Å². The van der Waals surface area contributed by atoms with Gasteiger partial charge in [-0.25, -0.2) is 9.97 Å². The van der Waals surface area contributed by atoms with Gasteiger partial charge in [0.25, 0.3) is 5.91 Å². The highest BCUT2D eigenvalue weighted by Gasteiger charge is 2.54. The van der Waals surface area contributed by atoms with Crippen LogP contribution in [0.1, 0.15) is 70.6 Å². The summed E-state index contributed by atoms with van der Waals surface area (Å²) >= 11 is 6.17. The monoisotopic (exact) mass is 679 g/mol. The minimum absolute atomic E-state index is 0.0293. The number of rotatable bonds is 14. The van der Waals surface area contributed by atoms with E-state index in [1.807, 2.05) is 4.90 Å². The van der Waals surface area contributed by atoms with Gasteiger partial charge in [-0.3, -0.25) is 33.9 Å². The number of primary amides is 1. The molecule has 4 aliphatic rings. The minimum Gasteiger partial charge on any atom is -0.474 e. The zero-order chi connectivity index (χ0) is 33.8. The topological polar surface area (TPSA) is 186 Å². The van der Waals surface area contributed by atoms with Crippen LogP contribution in [0.5, 0.6) is 5.88 Å². The van der Waals surface area contributed by atoms with E-state index in [9.17, 15) is 24.0 Å². The average molecular weight is 680 g/mol. The number of Topliss-reactive ketones (excluding diaryl/α,β-unsaturated/α-hetero) is 2. The number of aromatic nitrogens is 3. The molecular weight excluding hydrogens is 638 g/mol. The molecule has 256 valence electrons. The lowest BCUT2D eigenvalue weighted by Crippen LogP contribution is -2.51. The van der Waals surface area contributed by atoms with Crippen molar-refractivity contribution in [2.75, 3.05) is 11.9 Å². The molecule has 3 amide bonds. The summed E-state index contributed by atoms with van der Waals surface area (Å²) in [4.78, 5) is 81.1. The van der Waals surface area contributed by atoms with Crippen LogP contribution in [-0.4, -0.2) is 79.9 Å². The number of nitrogens with zero attached hydrogens (tertiary/aromatic N) is 4. The lowest BCUT2D eigenvalue weighted by molar-refractivity contribution is -0.140. The fourth-order valence-corrected chi connectivity index (χ4v) is 7.81. The Morgan fingerprint density at radius 2 is 1.73 bits per heavy atom. The lowest BCUT2D eigenvalue weighted by Gasteiger charge is -2.34. The first-order valence-electron chi connectivity index (χ1n) is 17.0. The second-order valence-electron chi connectivity index (χ2n) is 13.6. The summed E-state index contributed by atoms with van der Waals surface area (Å²) in [5.74, 6) is -3.52. The van der Waals surface area contributed by atoms with Crippen LogP contribution in [0.4, 0.5) is 5.82 Å². The van der Waals surface area contributed by atoms with Crippen LogP contribution in [0.25, 0.3) is 0 Å². The number of anilines is 1. The maximum absolute atomic E-state index is 14.8. The van der Waals surface area contributed by atoms with E-state index in [4.69, 9.17) is 22.1 Å². The van der Waals surface area contributed by atoms with E-state index in [-0.39, 0.29) is 42.2 Å². The Kier molecular flexibility index (Phi) is 10.6. The molecular formula is C34H42ClN7O6. The normalized spacial score (nSPS) is 26.8. The highest BCUT2D eigenvalue weighted by atomic mass is 35.5. The van der Waals surface area contributed by atoms with Crippen LogP contribution >= 0.6 is 11.6 Å². The number of halogens is 1. The van der Waals surface area contributed by atoms with Crippen LogP contribution in [0.2, 0.25) is 5.02 Å². The molecule has 3 saturated carbocycles. The summed E-state index contributed by atoms with van der Waals surface area (Å²) in [6, 6.07) is 1.07. The summed E-state index contributed by atoms with van der Waals surface area (Å²) in [6.07, 6.45) is 13.8. The maximum Gasteiger partial charge on any atom is 0.287 e. The van der Waals surface area contributed by atoms with Crippen LogP contribution in [0, 0.1) is 23.7 Å². The smallest absolute Gasteiger partial charge is 0.287 e. The third-order valence-corrected chi connectivity index (χ3v) is 10.6. The van der Waals surface area contributed by atoms with Gasteiger partial charge in [-0.1, -0.05) is 50.1 Å². The third-order valence-electron chi connectivity index (χ3n) is 10.4. The molecule has 0 aromatic carbocycles. The fourth-order valence-electron chi connectivity index (χ4n) is 7.66. The number of amides is 3. The second kappa shape index (κ2) is 15.1. The number of carbonyl (C=O) groups excluding carboxylic acids is 5. The van der Waals surface area contributed by atoms with Crippen molar-refractivity contribution in [1.82, 2.24) is 25.2 Å². The van der Waals surface area contributed by atoms with Gasteiger partial charge in [0.15, 0.2) is 11.6 Å². The van der Waals surface area contributed by atoms with Crippen LogP contribution in [0.15, 0.2) is 36.9 Å². The molecule has 3 aliphatic carbocycles. The fraction of sp³-hybridized carbons (Fsp3) is 0.588. The van der Waals surface area contributed by atoms with Crippen molar-refractivity contribution in [1.29, 1.82) is 0 Å². The molecule has 0 radical (unpaired) electrons. The summed E-state index contributed by atoms with van der Waals surface area (Å²) in [5.41, 5.74) is 5.37. The summed E-state index contributed by atoms with van der Waals surface area (Å²) < 4.78 is 6.17. The van der Waals surface area contributed by atoms with Crippen molar-refractivity contribution in [2.24, 2.45) is 29.4 Å². The van der Waals surface area contributed by atoms with Gasteiger partial charge in [0.2, 0.25) is 23.5 Å². The molecule has 13 nitrogen and oxygen atoms in total. The molecule has 48 heavy (non-hydrogen) atoms. The number of hydrogen-bond donors (Lipinski definition) is 3. The standard InChI is InChI=1S/C34H42ClN7O6/c35-21-9-10-39-28(14-21)48-22-15-23(24(16-22)33(46)40-25(31(44)32(36)45)13-19-5-4-6-19)30(43)29(20-7-2-1-3-8-20)42-18-26(42)34(47)41-27-17-37-11-12-38-27/h9-12,14,17,19-20,22-26,29H,1-8,13,15-16,18H2,(H2,36,45)(H,40,46)(H,38,41,47)/t22-,23?,24?,25?,26?,29-,42?/m0/s1. The quantitative estimate of drug-likeness (QED) is 0.198. The largest absolute Gasteiger partial charge is 0.474 e. The Balaban J connectivity index is 1.24. The molecule has 4 fully saturated rings. The van der Waals surface area contributed by atoms with Crippen molar-refractivity contribution in [3.05, 3.63) is 41.9 Å². The number of pyridine rings is 1. The van der Waals surface area contributed by atoms with Crippen molar-refractivity contribution in [3.63, 3.8) is 0 Å². The Bertz CT molecular complexity index is 1520. The van der Waals surface area contributed by atoms with Gasteiger partial charge in [-0.2, -0.15) is 0 Å². The molecule has 2 aromatic rings. The molecule has 0 bridgehead atoms. The first-order valence-corrected chi connectivity index (χ1v) is 17.3. The number of carbonyl (C=O) groups is 5. The highest BCUT2D eigenvalue weighted by molar-refractivity contribution is 6.37. The lowest BCUT2D eigenvalue weighted by atomic mass is 9.77. The van der Waals surface area contributed by atoms with Gasteiger partial charge in [0.1, 0.15) is 12.1 Å². The van der Waals surface area contributed by atoms with Gasteiger partial charge >= 0.3 is 0 Å². The van der Waals surface area contributed by atoms with Gasteiger partial charge < -0.3 is 21.1 Å². The van der Waals surface area contributed by atoms with Gasteiger partial charge in [0, 0.05) is 42.1 Å². The van der Waals surface area contributed by atoms with Gasteiger partial charge in [-0.05, 0) is 50.0 Å². The van der Waals surface area contributed by atoms with Crippen LogP contribution in [-0.2, 0) is 24.0 Å². The van der Waals surface area contributed by atoms with Crippen molar-refractivity contribution < 1.29 is 28.7 Å². The first-order chi connectivity index (χ1) is 23.2. The molecule has 7 atom stereocenters. The van der Waals surface area contributed by atoms with E-state index >= 15 is 0 Å². The molecule has 5 unspecified atom stereocenters. The van der Waals surface area contributed by atoms with Crippen LogP contribution < -0.4 is 21.1 Å². The molecule has 1 saturated heterocycles. The van der Waals surface area contributed by atoms with Crippen molar-refractivity contribution in [3.8, 4) is 5.88 Å². The number of nitrogens with two attached hydrogens (primary N) is 1. The van der Waals surface area contributed by atoms with E-state index in [0.717, 1.165) is 51.4 Å². The molecule has 2 aromatic heterocycles. The van der Waals surface area contributed by atoms with E-state index in [1.165, 1.54) is 24.8 Å². The Morgan fingerprint density at radius 1 is 0.958 bits per heavy atom. The molecule has 14 heteroatoms. The number of ketones is 2. The third kappa shape index (κ3) is 8.00. The Labute approximate surface area is 284 Å². The molecule has 1 aliphatic heterocycles. The van der Waals surface area contributed by atoms with Gasteiger partial charge in [0.05, 0.1) is 24.2 Å². The highest BCUT2D eigenvalue weighted by Crippen LogP contribution is 2.42. The number of nitrogens with one attached hydrogen (secondary N) is 2. The zero-order valence-corrected chi connectivity index (χ0v) is 27.5.